The minimum atomic E-state index is -0.0545. The standard InChI is InChI=1S/C10H14ClNO2S/c11-9-2-1-8(15-9)3-12-4-10(5-13)6-14-7-10/h1-2,12-13H,3-7H2. The van der Waals surface area contributed by atoms with E-state index in [9.17, 15) is 5.11 Å². The summed E-state index contributed by atoms with van der Waals surface area (Å²) >= 11 is 7.41. The van der Waals surface area contributed by atoms with Gasteiger partial charge in [-0.1, -0.05) is 11.6 Å². The van der Waals surface area contributed by atoms with Gasteiger partial charge in [0.2, 0.25) is 0 Å². The van der Waals surface area contributed by atoms with Crippen molar-refractivity contribution < 1.29 is 9.84 Å². The summed E-state index contributed by atoms with van der Waals surface area (Å²) in [5.41, 5.74) is -0.0545. The third-order valence-corrected chi connectivity index (χ3v) is 3.81. The van der Waals surface area contributed by atoms with Crippen LogP contribution in [0.1, 0.15) is 4.88 Å². The van der Waals surface area contributed by atoms with E-state index in [1.807, 2.05) is 12.1 Å². The fraction of sp³-hybridized carbons (Fsp3) is 0.600. The SMILES string of the molecule is OCC1(CNCc2ccc(Cl)s2)COC1. The molecule has 2 rings (SSSR count). The van der Waals surface area contributed by atoms with Gasteiger partial charge in [0.15, 0.2) is 0 Å². The second-order valence-electron chi connectivity index (χ2n) is 3.96. The van der Waals surface area contributed by atoms with Gasteiger partial charge in [-0.2, -0.15) is 0 Å². The summed E-state index contributed by atoms with van der Waals surface area (Å²) in [4.78, 5) is 1.22. The summed E-state index contributed by atoms with van der Waals surface area (Å²) in [5, 5.41) is 12.5. The average molecular weight is 248 g/mol. The number of hydrogen-bond donors (Lipinski definition) is 2. The van der Waals surface area contributed by atoms with E-state index in [4.69, 9.17) is 16.3 Å². The number of hydrogen-bond acceptors (Lipinski definition) is 4. The molecule has 1 aliphatic heterocycles. The molecule has 3 nitrogen and oxygen atoms in total. The van der Waals surface area contributed by atoms with Gasteiger partial charge in [-0.25, -0.2) is 0 Å². The molecule has 1 saturated heterocycles. The maximum atomic E-state index is 9.20. The maximum absolute atomic E-state index is 9.20. The molecule has 0 radical (unpaired) electrons. The third kappa shape index (κ3) is 2.71. The zero-order valence-corrected chi connectivity index (χ0v) is 9.90. The van der Waals surface area contributed by atoms with Crippen LogP contribution in [0, 0.1) is 5.41 Å². The minimum absolute atomic E-state index is 0.0545. The molecule has 84 valence electrons. The second-order valence-corrected chi connectivity index (χ2v) is 5.76. The molecule has 1 fully saturated rings. The van der Waals surface area contributed by atoms with Crippen molar-refractivity contribution >= 4 is 22.9 Å². The van der Waals surface area contributed by atoms with Gasteiger partial charge in [0.05, 0.1) is 29.6 Å². The first-order chi connectivity index (χ1) is 7.24. The van der Waals surface area contributed by atoms with Crippen LogP contribution in [-0.4, -0.2) is 31.5 Å². The Labute approximate surface area is 98.0 Å². The van der Waals surface area contributed by atoms with E-state index in [0.717, 1.165) is 17.4 Å². The molecule has 1 aromatic rings. The van der Waals surface area contributed by atoms with Crippen LogP contribution in [0.5, 0.6) is 0 Å². The van der Waals surface area contributed by atoms with Gasteiger partial charge in [-0.05, 0) is 12.1 Å². The summed E-state index contributed by atoms with van der Waals surface area (Å²) in [6.45, 7) is 3.09. The number of aliphatic hydroxyl groups excluding tert-OH is 1. The first-order valence-corrected chi connectivity index (χ1v) is 6.07. The number of thiophene rings is 1. The van der Waals surface area contributed by atoms with Crippen LogP contribution in [0.4, 0.5) is 0 Å². The fourth-order valence-corrected chi connectivity index (χ4v) is 2.59. The fourth-order valence-electron chi connectivity index (χ4n) is 1.54. The Bertz CT molecular complexity index is 319. The van der Waals surface area contributed by atoms with Crippen LogP contribution in [0.3, 0.4) is 0 Å². The van der Waals surface area contributed by atoms with Crippen LogP contribution < -0.4 is 5.32 Å². The van der Waals surface area contributed by atoms with Gasteiger partial charge in [0.1, 0.15) is 0 Å². The first-order valence-electron chi connectivity index (χ1n) is 4.88. The zero-order chi connectivity index (χ0) is 10.7. The van der Waals surface area contributed by atoms with Gasteiger partial charge in [0, 0.05) is 18.0 Å². The van der Waals surface area contributed by atoms with E-state index >= 15 is 0 Å². The van der Waals surface area contributed by atoms with Crippen molar-refractivity contribution in [2.45, 2.75) is 6.54 Å². The molecule has 0 aromatic carbocycles. The molecule has 5 heteroatoms. The molecule has 15 heavy (non-hydrogen) atoms. The predicted molar refractivity (Wildman–Crippen MR) is 61.4 cm³/mol. The van der Waals surface area contributed by atoms with Crippen LogP contribution in [0.2, 0.25) is 4.34 Å². The molecule has 0 spiro atoms. The molecule has 2 heterocycles. The Morgan fingerprint density at radius 3 is 2.80 bits per heavy atom. The van der Waals surface area contributed by atoms with E-state index in [1.165, 1.54) is 4.88 Å². The van der Waals surface area contributed by atoms with Crippen LogP contribution in [0.15, 0.2) is 12.1 Å². The minimum Gasteiger partial charge on any atom is -0.396 e. The number of ether oxygens (including phenoxy) is 1. The molecular formula is C10H14ClNO2S. The Kier molecular flexibility index (Phi) is 3.64. The van der Waals surface area contributed by atoms with Crippen molar-refractivity contribution in [3.8, 4) is 0 Å². The van der Waals surface area contributed by atoms with Gasteiger partial charge < -0.3 is 15.2 Å². The molecule has 2 N–H and O–H groups in total. The Hall–Kier alpha value is -0.130. The van der Waals surface area contributed by atoms with E-state index in [2.05, 4.69) is 5.32 Å². The lowest BCUT2D eigenvalue weighted by atomic mass is 9.87. The van der Waals surface area contributed by atoms with Crippen molar-refractivity contribution in [3.63, 3.8) is 0 Å². The van der Waals surface area contributed by atoms with Gasteiger partial charge in [0.25, 0.3) is 0 Å². The molecule has 0 atom stereocenters. The quantitative estimate of drug-likeness (QED) is 0.829. The maximum Gasteiger partial charge on any atom is 0.0931 e. The Morgan fingerprint density at radius 2 is 2.33 bits per heavy atom. The summed E-state index contributed by atoms with van der Waals surface area (Å²) in [6.07, 6.45) is 0. The second kappa shape index (κ2) is 4.80. The molecule has 0 amide bonds. The molecule has 1 aliphatic rings. The van der Waals surface area contributed by atoms with Gasteiger partial charge in [-0.15, -0.1) is 11.3 Å². The average Bonchev–Trinajstić information content (AvgIpc) is 2.56. The number of rotatable bonds is 5. The van der Waals surface area contributed by atoms with Crippen LogP contribution >= 0.6 is 22.9 Å². The first kappa shape index (κ1) is 11.4. The van der Waals surface area contributed by atoms with Gasteiger partial charge in [-0.3, -0.25) is 0 Å². The highest BCUT2D eigenvalue weighted by Crippen LogP contribution is 2.26. The van der Waals surface area contributed by atoms with Crippen molar-refractivity contribution in [3.05, 3.63) is 21.3 Å². The molecule has 0 bridgehead atoms. The number of nitrogens with one attached hydrogen (secondary N) is 1. The summed E-state index contributed by atoms with van der Waals surface area (Å²) < 4.78 is 5.93. The molecule has 0 unspecified atom stereocenters. The number of aliphatic hydroxyl groups is 1. The lowest BCUT2D eigenvalue weighted by Gasteiger charge is -2.39. The Balaban J connectivity index is 1.74. The van der Waals surface area contributed by atoms with E-state index < -0.39 is 0 Å². The molecular weight excluding hydrogens is 234 g/mol. The van der Waals surface area contributed by atoms with Crippen molar-refractivity contribution in [2.75, 3.05) is 26.4 Å². The molecule has 0 aliphatic carbocycles. The lowest BCUT2D eigenvalue weighted by molar-refractivity contribution is -0.134. The lowest BCUT2D eigenvalue weighted by Crippen LogP contribution is -2.52. The predicted octanol–water partition coefficient (Wildman–Crippen LogP) is 1.50. The largest absolute Gasteiger partial charge is 0.396 e. The van der Waals surface area contributed by atoms with Crippen molar-refractivity contribution in [2.24, 2.45) is 5.41 Å². The Morgan fingerprint density at radius 1 is 1.53 bits per heavy atom. The summed E-state index contributed by atoms with van der Waals surface area (Å²) in [5.74, 6) is 0. The van der Waals surface area contributed by atoms with Gasteiger partial charge >= 0.3 is 0 Å². The van der Waals surface area contributed by atoms with E-state index in [1.54, 1.807) is 11.3 Å². The van der Waals surface area contributed by atoms with Crippen LogP contribution in [-0.2, 0) is 11.3 Å². The highest BCUT2D eigenvalue weighted by atomic mass is 35.5. The molecule has 1 aromatic heterocycles. The highest BCUT2D eigenvalue weighted by Gasteiger charge is 2.37. The normalized spacial score (nSPS) is 18.8. The highest BCUT2D eigenvalue weighted by molar-refractivity contribution is 7.16. The zero-order valence-electron chi connectivity index (χ0n) is 8.33. The summed E-state index contributed by atoms with van der Waals surface area (Å²) in [7, 11) is 0. The van der Waals surface area contributed by atoms with E-state index in [0.29, 0.717) is 13.2 Å². The third-order valence-electron chi connectivity index (χ3n) is 2.58. The number of halogens is 1. The topological polar surface area (TPSA) is 41.5 Å². The summed E-state index contributed by atoms with van der Waals surface area (Å²) in [6, 6.07) is 3.92. The van der Waals surface area contributed by atoms with Crippen molar-refractivity contribution in [1.29, 1.82) is 0 Å². The smallest absolute Gasteiger partial charge is 0.0931 e. The van der Waals surface area contributed by atoms with Crippen molar-refractivity contribution in [1.82, 2.24) is 5.32 Å². The molecule has 0 saturated carbocycles. The van der Waals surface area contributed by atoms with E-state index in [-0.39, 0.29) is 12.0 Å². The monoisotopic (exact) mass is 247 g/mol. The van der Waals surface area contributed by atoms with Crippen LogP contribution in [0.25, 0.3) is 0 Å².